The molecule has 10 heteroatoms. The number of hydrogen-bond acceptors (Lipinski definition) is 6. The van der Waals surface area contributed by atoms with Gasteiger partial charge >= 0.3 is 0 Å². The summed E-state index contributed by atoms with van der Waals surface area (Å²) < 4.78 is 7.13. The van der Waals surface area contributed by atoms with Crippen molar-refractivity contribution >= 4 is 52.5 Å². The first-order chi connectivity index (χ1) is 17.9. The van der Waals surface area contributed by atoms with Gasteiger partial charge in [0, 0.05) is 27.1 Å². The summed E-state index contributed by atoms with van der Waals surface area (Å²) in [6.45, 7) is 1.85. The van der Waals surface area contributed by atoms with E-state index in [1.807, 2.05) is 61.5 Å². The third kappa shape index (κ3) is 5.32. The fraction of sp³-hybridized carbons (Fsp3) is 0.148. The van der Waals surface area contributed by atoms with Crippen molar-refractivity contribution in [3.8, 4) is 5.75 Å². The predicted octanol–water partition coefficient (Wildman–Crippen LogP) is 6.81. The van der Waals surface area contributed by atoms with Crippen LogP contribution in [-0.2, 0) is 10.5 Å². The summed E-state index contributed by atoms with van der Waals surface area (Å²) in [5, 5.41) is 12.8. The van der Waals surface area contributed by atoms with Gasteiger partial charge in [0.2, 0.25) is 11.1 Å². The number of methoxy groups -OCH3 is 1. The highest BCUT2D eigenvalue weighted by molar-refractivity contribution is 7.98. The molecule has 1 aliphatic rings. The third-order valence-electron chi connectivity index (χ3n) is 5.91. The molecular formula is C27H23Cl2N5O2S. The standard InChI is InChI=1S/C27H23Cl2N5O2S/c1-16-23(25(35)31-21-9-5-6-10-22(21)36-2)24(19-7-3-4-8-20(19)29)34-26(30-16)32-27(33-34)37-15-17-11-13-18(28)14-12-17/h3-14,24H,15H2,1-2H3,(H,31,35)(H,30,32,33)/t24-/m0/s1. The first kappa shape index (κ1) is 25.2. The zero-order valence-corrected chi connectivity index (χ0v) is 22.4. The summed E-state index contributed by atoms with van der Waals surface area (Å²) in [4.78, 5) is 18.4. The largest absolute Gasteiger partial charge is 0.495 e. The number of nitrogens with one attached hydrogen (secondary N) is 2. The Balaban J connectivity index is 1.50. The minimum atomic E-state index is -0.586. The van der Waals surface area contributed by atoms with Crippen LogP contribution >= 0.6 is 35.0 Å². The van der Waals surface area contributed by atoms with Crippen molar-refractivity contribution < 1.29 is 9.53 Å². The summed E-state index contributed by atoms with van der Waals surface area (Å²) in [6, 6.07) is 21.8. The number of benzene rings is 3. The van der Waals surface area contributed by atoms with E-state index in [2.05, 4.69) is 10.6 Å². The van der Waals surface area contributed by atoms with Crippen molar-refractivity contribution in [1.29, 1.82) is 0 Å². The number of allylic oxidation sites excluding steroid dienone is 1. The average Bonchev–Trinajstić information content (AvgIpc) is 3.30. The molecule has 0 aliphatic carbocycles. The Morgan fingerprint density at radius 1 is 1.08 bits per heavy atom. The van der Waals surface area contributed by atoms with Crippen molar-refractivity contribution in [3.05, 3.63) is 105 Å². The lowest BCUT2D eigenvalue weighted by atomic mass is 9.95. The molecule has 1 atom stereocenters. The molecule has 0 spiro atoms. The molecule has 0 unspecified atom stereocenters. The van der Waals surface area contributed by atoms with Crippen LogP contribution in [0.1, 0.15) is 24.1 Å². The quantitative estimate of drug-likeness (QED) is 0.245. The highest BCUT2D eigenvalue weighted by Gasteiger charge is 2.35. The number of carbonyl (C=O) groups excluding carboxylic acids is 1. The van der Waals surface area contributed by atoms with Gasteiger partial charge in [0.15, 0.2) is 0 Å². The van der Waals surface area contributed by atoms with Crippen LogP contribution in [0.15, 0.2) is 89.2 Å². The molecule has 1 aliphatic heterocycles. The minimum absolute atomic E-state index is 0.295. The molecule has 3 aromatic carbocycles. The van der Waals surface area contributed by atoms with E-state index < -0.39 is 6.04 Å². The Bertz CT molecular complexity index is 1490. The number of fused-ring (bicyclic) bond motifs is 1. The SMILES string of the molecule is COc1ccccc1NC(=O)C1=C(C)Nc2nc(SCc3ccc(Cl)cc3)nn2[C@H]1c1ccccc1Cl. The Morgan fingerprint density at radius 2 is 1.81 bits per heavy atom. The second-order valence-electron chi connectivity index (χ2n) is 8.32. The maximum atomic E-state index is 13.7. The molecular weight excluding hydrogens is 529 g/mol. The van der Waals surface area contributed by atoms with Gasteiger partial charge in [-0.25, -0.2) is 4.68 Å². The van der Waals surface area contributed by atoms with Crippen LogP contribution in [0.25, 0.3) is 0 Å². The molecule has 0 saturated carbocycles. The number of rotatable bonds is 7. The van der Waals surface area contributed by atoms with Gasteiger partial charge in [0.05, 0.1) is 18.4 Å². The van der Waals surface area contributed by atoms with Crippen molar-refractivity contribution in [2.75, 3.05) is 17.7 Å². The summed E-state index contributed by atoms with van der Waals surface area (Å²) in [6.07, 6.45) is 0. The molecule has 7 nitrogen and oxygen atoms in total. The van der Waals surface area contributed by atoms with E-state index in [4.69, 9.17) is 38.0 Å². The van der Waals surface area contributed by atoms with Crippen LogP contribution < -0.4 is 15.4 Å². The number of thioether (sulfide) groups is 1. The van der Waals surface area contributed by atoms with Gasteiger partial charge in [-0.3, -0.25) is 4.79 Å². The second kappa shape index (κ2) is 10.9. The van der Waals surface area contributed by atoms with Crippen LogP contribution in [0.3, 0.4) is 0 Å². The molecule has 5 rings (SSSR count). The highest BCUT2D eigenvalue weighted by Crippen LogP contribution is 2.40. The van der Waals surface area contributed by atoms with Crippen molar-refractivity contribution in [1.82, 2.24) is 14.8 Å². The zero-order chi connectivity index (χ0) is 25.9. The maximum Gasteiger partial charge on any atom is 0.255 e. The van der Waals surface area contributed by atoms with E-state index in [0.717, 1.165) is 11.1 Å². The average molecular weight is 552 g/mol. The molecule has 188 valence electrons. The Kier molecular flexibility index (Phi) is 7.41. The lowest BCUT2D eigenvalue weighted by Crippen LogP contribution is -2.31. The maximum absolute atomic E-state index is 13.7. The molecule has 2 heterocycles. The lowest BCUT2D eigenvalue weighted by molar-refractivity contribution is -0.113. The summed E-state index contributed by atoms with van der Waals surface area (Å²) >= 11 is 14.1. The van der Waals surface area contributed by atoms with Gasteiger partial charge < -0.3 is 15.4 Å². The van der Waals surface area contributed by atoms with Crippen molar-refractivity contribution in [3.63, 3.8) is 0 Å². The number of anilines is 2. The molecule has 0 radical (unpaired) electrons. The van der Waals surface area contributed by atoms with E-state index in [-0.39, 0.29) is 5.91 Å². The summed E-state index contributed by atoms with van der Waals surface area (Å²) in [5.41, 5.74) is 3.55. The van der Waals surface area contributed by atoms with E-state index in [1.165, 1.54) is 11.8 Å². The van der Waals surface area contributed by atoms with E-state index in [0.29, 0.717) is 49.6 Å². The van der Waals surface area contributed by atoms with Gasteiger partial charge in [0.25, 0.3) is 5.91 Å². The van der Waals surface area contributed by atoms with Gasteiger partial charge in [-0.05, 0) is 42.8 Å². The van der Waals surface area contributed by atoms with Crippen LogP contribution in [0.5, 0.6) is 5.75 Å². The topological polar surface area (TPSA) is 81.1 Å². The number of ether oxygens (including phenoxy) is 1. The van der Waals surface area contributed by atoms with Gasteiger partial charge in [-0.15, -0.1) is 5.10 Å². The third-order valence-corrected chi connectivity index (χ3v) is 7.42. The molecule has 0 bridgehead atoms. The van der Waals surface area contributed by atoms with Crippen LogP contribution in [0.2, 0.25) is 10.0 Å². The number of nitrogens with zero attached hydrogens (tertiary/aromatic N) is 3. The molecule has 4 aromatic rings. The Labute approximate surface area is 228 Å². The molecule has 37 heavy (non-hydrogen) atoms. The fourth-order valence-electron chi connectivity index (χ4n) is 4.14. The number of halogens is 2. The van der Waals surface area contributed by atoms with Crippen LogP contribution in [0, 0.1) is 0 Å². The Morgan fingerprint density at radius 3 is 2.57 bits per heavy atom. The van der Waals surface area contributed by atoms with E-state index in [1.54, 1.807) is 30.0 Å². The molecule has 0 fully saturated rings. The smallest absolute Gasteiger partial charge is 0.255 e. The predicted molar refractivity (Wildman–Crippen MR) is 149 cm³/mol. The number of carbonyl (C=O) groups is 1. The van der Waals surface area contributed by atoms with Crippen LogP contribution in [0.4, 0.5) is 11.6 Å². The van der Waals surface area contributed by atoms with E-state index in [9.17, 15) is 4.79 Å². The van der Waals surface area contributed by atoms with Gasteiger partial charge in [0.1, 0.15) is 11.8 Å². The monoisotopic (exact) mass is 551 g/mol. The lowest BCUT2D eigenvalue weighted by Gasteiger charge is -2.29. The first-order valence-electron chi connectivity index (χ1n) is 11.4. The molecule has 2 N–H and O–H groups in total. The second-order valence-corrected chi connectivity index (χ2v) is 10.1. The zero-order valence-electron chi connectivity index (χ0n) is 20.0. The Hall–Kier alpha value is -3.46. The normalized spacial score (nSPS) is 14.6. The number of amides is 1. The van der Waals surface area contributed by atoms with Gasteiger partial charge in [-0.1, -0.05) is 77.4 Å². The van der Waals surface area contributed by atoms with Crippen molar-refractivity contribution in [2.45, 2.75) is 23.9 Å². The molecule has 1 aromatic heterocycles. The number of para-hydroxylation sites is 2. The molecule has 1 amide bonds. The number of aromatic nitrogens is 3. The summed E-state index contributed by atoms with van der Waals surface area (Å²) in [5.74, 6) is 1.48. The number of hydrogen-bond donors (Lipinski definition) is 2. The van der Waals surface area contributed by atoms with E-state index >= 15 is 0 Å². The summed E-state index contributed by atoms with van der Waals surface area (Å²) in [7, 11) is 1.56. The fourth-order valence-corrected chi connectivity index (χ4v) is 5.29. The van der Waals surface area contributed by atoms with Crippen LogP contribution in [-0.4, -0.2) is 27.8 Å². The minimum Gasteiger partial charge on any atom is -0.495 e. The first-order valence-corrected chi connectivity index (χ1v) is 13.2. The molecule has 0 saturated heterocycles. The highest BCUT2D eigenvalue weighted by atomic mass is 35.5. The van der Waals surface area contributed by atoms with Crippen molar-refractivity contribution in [2.24, 2.45) is 0 Å². The van der Waals surface area contributed by atoms with Gasteiger partial charge in [-0.2, -0.15) is 4.98 Å².